The van der Waals surface area contributed by atoms with Crippen molar-refractivity contribution in [3.8, 4) is 0 Å². The van der Waals surface area contributed by atoms with Crippen molar-refractivity contribution in [2.24, 2.45) is 5.92 Å². The number of nitrogens with one attached hydrogen (secondary N) is 1. The van der Waals surface area contributed by atoms with Crippen molar-refractivity contribution in [1.82, 2.24) is 5.32 Å². The molecule has 3 atom stereocenters. The van der Waals surface area contributed by atoms with Gasteiger partial charge in [-0.2, -0.15) is 0 Å². The molecule has 0 saturated carbocycles. The van der Waals surface area contributed by atoms with E-state index in [2.05, 4.69) is 33.0 Å². The number of ether oxygens (including phenoxy) is 3. The zero-order valence-corrected chi connectivity index (χ0v) is 35.6. The molecule has 0 spiro atoms. The van der Waals surface area contributed by atoms with E-state index in [1.54, 1.807) is 0 Å². The molecular formula is C45H93NO6. The third-order valence-electron chi connectivity index (χ3n) is 10.7. The number of hydrogen-bond acceptors (Lipinski definition) is 7. The fourth-order valence-corrected chi connectivity index (χ4v) is 7.30. The minimum absolute atomic E-state index is 0.142. The van der Waals surface area contributed by atoms with Crippen LogP contribution in [0.2, 0.25) is 0 Å². The minimum atomic E-state index is -0.760. The Morgan fingerprint density at radius 1 is 0.385 bits per heavy atom. The van der Waals surface area contributed by atoms with E-state index in [0.29, 0.717) is 25.9 Å². The van der Waals surface area contributed by atoms with Crippen LogP contribution in [0.5, 0.6) is 0 Å². The molecule has 0 amide bonds. The van der Waals surface area contributed by atoms with Crippen LogP contribution in [0.25, 0.3) is 0 Å². The van der Waals surface area contributed by atoms with Crippen molar-refractivity contribution in [2.75, 3.05) is 20.2 Å². The maximum absolute atomic E-state index is 10.9. The summed E-state index contributed by atoms with van der Waals surface area (Å²) in [6.45, 7) is 10.4. The van der Waals surface area contributed by atoms with Crippen LogP contribution in [0.1, 0.15) is 233 Å². The molecule has 0 saturated heterocycles. The second-order valence-corrected chi connectivity index (χ2v) is 16.0. The van der Waals surface area contributed by atoms with Gasteiger partial charge in [-0.05, 0) is 96.6 Å². The first-order chi connectivity index (χ1) is 25.4. The van der Waals surface area contributed by atoms with Crippen LogP contribution in [0.3, 0.4) is 0 Å². The molecule has 0 aliphatic rings. The Morgan fingerprint density at radius 2 is 0.731 bits per heavy atom. The molecule has 0 aromatic rings. The lowest BCUT2D eigenvalue weighted by atomic mass is 9.96. The van der Waals surface area contributed by atoms with Gasteiger partial charge in [-0.25, -0.2) is 0 Å². The van der Waals surface area contributed by atoms with E-state index in [1.807, 2.05) is 7.05 Å². The van der Waals surface area contributed by atoms with Crippen molar-refractivity contribution in [3.63, 3.8) is 0 Å². The summed E-state index contributed by atoms with van der Waals surface area (Å²) in [5.41, 5.74) is 0. The zero-order valence-electron chi connectivity index (χ0n) is 35.6. The number of aliphatic hydroxyl groups is 3. The lowest BCUT2D eigenvalue weighted by Crippen LogP contribution is -2.24. The predicted molar refractivity (Wildman–Crippen MR) is 222 cm³/mol. The van der Waals surface area contributed by atoms with Gasteiger partial charge in [0.15, 0.2) is 18.9 Å². The normalized spacial score (nSPS) is 14.4. The average molecular weight is 744 g/mol. The standard InChI is InChI=1S/C45H93NO6/c1-6-10-14-18-22-31-41(32-23-19-15-11-7-2)51-44(48)35-26-29-40(39-50-43(47)37-28-38-46-5)30-27-36-45(49)52-42(33-24-20-16-12-8-3)34-25-21-17-13-9-4/h40-49H,6-39H2,1-5H3. The predicted octanol–water partition coefficient (Wildman–Crippen LogP) is 12.1. The summed E-state index contributed by atoms with van der Waals surface area (Å²) in [4.78, 5) is 0. The van der Waals surface area contributed by atoms with Crippen molar-refractivity contribution in [2.45, 2.75) is 264 Å². The Bertz CT molecular complexity index is 610. The first-order valence-electron chi connectivity index (χ1n) is 23.0. The fraction of sp³-hybridized carbons (Fsp3) is 1.00. The van der Waals surface area contributed by atoms with Crippen LogP contribution < -0.4 is 5.32 Å². The summed E-state index contributed by atoms with van der Waals surface area (Å²) in [6.07, 6.45) is 33.5. The van der Waals surface area contributed by atoms with Crippen molar-refractivity contribution in [3.05, 3.63) is 0 Å². The SMILES string of the molecule is CCCCCCCC(CCCCCCC)OC(O)CCCC(CCCC(O)OC(CCCCCCC)CCCCCCC)COC(O)CCCNC. The van der Waals surface area contributed by atoms with E-state index in [9.17, 15) is 15.3 Å². The second-order valence-electron chi connectivity index (χ2n) is 16.0. The molecule has 0 aliphatic carbocycles. The lowest BCUT2D eigenvalue weighted by molar-refractivity contribution is -0.146. The van der Waals surface area contributed by atoms with Gasteiger partial charge < -0.3 is 34.8 Å². The lowest BCUT2D eigenvalue weighted by Gasteiger charge is -2.24. The van der Waals surface area contributed by atoms with E-state index in [0.717, 1.165) is 64.3 Å². The van der Waals surface area contributed by atoms with Crippen molar-refractivity contribution >= 4 is 0 Å². The quantitative estimate of drug-likeness (QED) is 0.0364. The van der Waals surface area contributed by atoms with Crippen molar-refractivity contribution < 1.29 is 29.5 Å². The molecule has 0 radical (unpaired) electrons. The number of rotatable bonds is 43. The van der Waals surface area contributed by atoms with Gasteiger partial charge in [0.25, 0.3) is 0 Å². The molecule has 0 aliphatic heterocycles. The van der Waals surface area contributed by atoms with Gasteiger partial charge in [-0.15, -0.1) is 0 Å². The van der Waals surface area contributed by atoms with E-state index in [-0.39, 0.29) is 18.1 Å². The highest BCUT2D eigenvalue weighted by atomic mass is 16.6. The molecule has 7 heteroatoms. The second kappa shape index (κ2) is 40.4. The van der Waals surface area contributed by atoms with E-state index in [4.69, 9.17) is 14.2 Å². The molecule has 4 N–H and O–H groups in total. The molecule has 3 unspecified atom stereocenters. The maximum Gasteiger partial charge on any atom is 0.154 e. The van der Waals surface area contributed by atoms with Gasteiger partial charge >= 0.3 is 0 Å². The Labute approximate surface area is 324 Å². The summed E-state index contributed by atoms with van der Waals surface area (Å²) in [5, 5.41) is 35.5. The number of hydrogen-bond donors (Lipinski definition) is 4. The van der Waals surface area contributed by atoms with E-state index >= 15 is 0 Å². The molecule has 0 fully saturated rings. The first-order valence-corrected chi connectivity index (χ1v) is 23.0. The van der Waals surface area contributed by atoms with Crippen LogP contribution in [-0.2, 0) is 14.2 Å². The third-order valence-corrected chi connectivity index (χ3v) is 10.7. The largest absolute Gasteiger partial charge is 0.368 e. The molecule has 0 rings (SSSR count). The Balaban J connectivity index is 5.00. The van der Waals surface area contributed by atoms with Gasteiger partial charge in [-0.3, -0.25) is 0 Å². The molecule has 7 nitrogen and oxygen atoms in total. The Morgan fingerprint density at radius 3 is 1.08 bits per heavy atom. The molecule has 314 valence electrons. The smallest absolute Gasteiger partial charge is 0.154 e. The summed E-state index contributed by atoms with van der Waals surface area (Å²) in [5.74, 6) is 0.249. The monoisotopic (exact) mass is 744 g/mol. The minimum Gasteiger partial charge on any atom is -0.368 e. The zero-order chi connectivity index (χ0) is 38.3. The average Bonchev–Trinajstić information content (AvgIpc) is 3.13. The summed E-state index contributed by atoms with van der Waals surface area (Å²) >= 11 is 0. The highest BCUT2D eigenvalue weighted by molar-refractivity contribution is 4.66. The summed E-state index contributed by atoms with van der Waals surface area (Å²) < 4.78 is 18.5. The van der Waals surface area contributed by atoms with Gasteiger partial charge in [-0.1, -0.05) is 156 Å². The molecule has 0 aromatic heterocycles. The van der Waals surface area contributed by atoms with Crippen molar-refractivity contribution in [1.29, 1.82) is 0 Å². The van der Waals surface area contributed by atoms with Crippen LogP contribution in [-0.4, -0.2) is 66.6 Å². The van der Waals surface area contributed by atoms with E-state index in [1.165, 1.54) is 128 Å². The molecule has 52 heavy (non-hydrogen) atoms. The van der Waals surface area contributed by atoms with Crippen LogP contribution in [0, 0.1) is 5.92 Å². The Hall–Kier alpha value is -0.280. The third kappa shape index (κ3) is 35.4. The van der Waals surface area contributed by atoms with Gasteiger partial charge in [0.05, 0.1) is 18.8 Å². The molecule has 0 heterocycles. The Kier molecular flexibility index (Phi) is 40.2. The first kappa shape index (κ1) is 51.7. The number of aliphatic hydroxyl groups excluding tert-OH is 3. The highest BCUT2D eigenvalue weighted by Gasteiger charge is 2.19. The van der Waals surface area contributed by atoms with Crippen LogP contribution in [0.4, 0.5) is 0 Å². The number of unbranched alkanes of at least 4 members (excludes halogenated alkanes) is 16. The summed E-state index contributed by atoms with van der Waals surface area (Å²) in [7, 11) is 1.92. The maximum atomic E-state index is 10.9. The highest BCUT2D eigenvalue weighted by Crippen LogP contribution is 2.24. The van der Waals surface area contributed by atoms with E-state index < -0.39 is 18.9 Å². The van der Waals surface area contributed by atoms with Crippen LogP contribution >= 0.6 is 0 Å². The topological polar surface area (TPSA) is 100 Å². The van der Waals surface area contributed by atoms with Crippen LogP contribution in [0.15, 0.2) is 0 Å². The molecule has 0 aromatic carbocycles. The fourth-order valence-electron chi connectivity index (χ4n) is 7.30. The summed E-state index contributed by atoms with van der Waals surface area (Å²) in [6, 6.07) is 0. The van der Waals surface area contributed by atoms with Gasteiger partial charge in [0.1, 0.15) is 0 Å². The molecule has 0 bridgehead atoms. The van der Waals surface area contributed by atoms with Gasteiger partial charge in [0, 0.05) is 0 Å². The molecular weight excluding hydrogens is 650 g/mol. The van der Waals surface area contributed by atoms with Gasteiger partial charge in [0.2, 0.25) is 0 Å².